The van der Waals surface area contributed by atoms with Gasteiger partial charge in [-0.15, -0.1) is 0 Å². The van der Waals surface area contributed by atoms with E-state index in [2.05, 4.69) is 9.88 Å². The molecule has 3 aromatic rings. The average molecular weight is 459 g/mol. The van der Waals surface area contributed by atoms with Crippen molar-refractivity contribution in [3.8, 4) is 5.75 Å². The molecule has 1 aromatic heterocycles. The highest BCUT2D eigenvalue weighted by molar-refractivity contribution is 5.88. The molecule has 2 heterocycles. The number of halogens is 2. The third-order valence-electron chi connectivity index (χ3n) is 6.36. The molecule has 1 fully saturated rings. The van der Waals surface area contributed by atoms with E-state index in [0.29, 0.717) is 25.9 Å². The number of hydrogen-bond acceptors (Lipinski definition) is 4. The molecule has 33 heavy (non-hydrogen) atoms. The fourth-order valence-electron chi connectivity index (χ4n) is 4.71. The monoisotopic (exact) mass is 458 g/mol. The Kier molecular flexibility index (Phi) is 6.95. The van der Waals surface area contributed by atoms with E-state index in [-0.39, 0.29) is 17.7 Å². The minimum absolute atomic E-state index is 0.107. The van der Waals surface area contributed by atoms with Gasteiger partial charge in [-0.1, -0.05) is 12.1 Å². The van der Waals surface area contributed by atoms with Gasteiger partial charge in [0.05, 0.1) is 18.8 Å². The number of aryl methyl sites for hydroxylation is 1. The molecule has 0 unspecified atom stereocenters. The van der Waals surface area contributed by atoms with Gasteiger partial charge in [-0.2, -0.15) is 0 Å². The lowest BCUT2D eigenvalue weighted by Gasteiger charge is -2.40. The van der Waals surface area contributed by atoms with Gasteiger partial charge >= 0.3 is 5.97 Å². The number of ether oxygens (including phenoxy) is 2. The number of likely N-dealkylation sites (tertiary alicyclic amines) is 1. The number of hydrogen-bond donors (Lipinski definition) is 2. The van der Waals surface area contributed by atoms with Gasteiger partial charge < -0.3 is 19.6 Å². The van der Waals surface area contributed by atoms with Crippen LogP contribution in [0.2, 0.25) is 0 Å². The first kappa shape index (κ1) is 23.2. The highest BCUT2D eigenvalue weighted by atomic mass is 19.3. The van der Waals surface area contributed by atoms with E-state index in [9.17, 15) is 18.7 Å². The summed E-state index contributed by atoms with van der Waals surface area (Å²) in [5.74, 6) is -0.185. The highest BCUT2D eigenvalue weighted by Crippen LogP contribution is 2.38. The van der Waals surface area contributed by atoms with Crippen LogP contribution in [-0.2, 0) is 11.3 Å². The van der Waals surface area contributed by atoms with E-state index in [4.69, 9.17) is 9.47 Å². The molecule has 2 atom stereocenters. The van der Waals surface area contributed by atoms with Gasteiger partial charge in [0.2, 0.25) is 0 Å². The maximum Gasteiger partial charge on any atom is 0.335 e. The molecule has 8 heteroatoms. The van der Waals surface area contributed by atoms with Crippen LogP contribution in [0.15, 0.2) is 42.6 Å². The van der Waals surface area contributed by atoms with Gasteiger partial charge in [0, 0.05) is 41.8 Å². The zero-order valence-electron chi connectivity index (χ0n) is 18.7. The molecule has 0 saturated carbocycles. The van der Waals surface area contributed by atoms with Crippen molar-refractivity contribution in [2.45, 2.75) is 44.9 Å². The topological polar surface area (TPSA) is 74.8 Å². The quantitative estimate of drug-likeness (QED) is 0.487. The second-order valence-corrected chi connectivity index (χ2v) is 8.42. The minimum Gasteiger partial charge on any atom is -0.496 e. The first-order valence-electron chi connectivity index (χ1n) is 11.0. The van der Waals surface area contributed by atoms with E-state index in [1.807, 2.05) is 25.3 Å². The van der Waals surface area contributed by atoms with Gasteiger partial charge in [0.1, 0.15) is 12.4 Å². The molecule has 6 nitrogen and oxygen atoms in total. The number of aromatic carboxylic acids is 1. The molecule has 0 aliphatic carbocycles. The molecule has 0 bridgehead atoms. The Balaban J connectivity index is 1.66. The summed E-state index contributed by atoms with van der Waals surface area (Å²) < 4.78 is 36.6. The summed E-state index contributed by atoms with van der Waals surface area (Å²) in [6.07, 6.45) is 0.305. The number of carboxylic acids is 1. The van der Waals surface area contributed by atoms with Crippen molar-refractivity contribution in [3.05, 3.63) is 64.8 Å². The lowest BCUT2D eigenvalue weighted by Crippen LogP contribution is -2.40. The first-order chi connectivity index (χ1) is 15.9. The Morgan fingerprint density at radius 3 is 2.70 bits per heavy atom. The number of H-pyrrole nitrogens is 1. The van der Waals surface area contributed by atoms with Gasteiger partial charge in [-0.05, 0) is 55.2 Å². The summed E-state index contributed by atoms with van der Waals surface area (Å²) in [7, 11) is 1.66. The van der Waals surface area contributed by atoms with Crippen LogP contribution in [0.4, 0.5) is 8.78 Å². The van der Waals surface area contributed by atoms with Gasteiger partial charge in [0.15, 0.2) is 0 Å². The lowest BCUT2D eigenvalue weighted by atomic mass is 9.91. The number of nitrogens with zero attached hydrogens (tertiary/aromatic N) is 1. The van der Waals surface area contributed by atoms with Crippen molar-refractivity contribution in [3.63, 3.8) is 0 Å². The number of piperidine rings is 1. The smallest absolute Gasteiger partial charge is 0.335 e. The molecule has 1 aliphatic heterocycles. The number of carboxylic acid groups (broad SMARTS) is 1. The molecule has 0 amide bonds. The van der Waals surface area contributed by atoms with Crippen LogP contribution in [0.5, 0.6) is 5.75 Å². The number of aromatic amines is 1. The molecule has 2 N–H and O–H groups in total. The molecule has 1 saturated heterocycles. The molecule has 176 valence electrons. The first-order valence-corrected chi connectivity index (χ1v) is 11.0. The number of nitrogens with one attached hydrogen (secondary N) is 1. The fraction of sp³-hybridized carbons (Fsp3) is 0.400. The second kappa shape index (κ2) is 9.89. The average Bonchev–Trinajstić information content (AvgIpc) is 3.30. The van der Waals surface area contributed by atoms with Crippen molar-refractivity contribution in [1.29, 1.82) is 0 Å². The van der Waals surface area contributed by atoms with Crippen molar-refractivity contribution in [1.82, 2.24) is 9.88 Å². The Hall–Kier alpha value is -2.97. The van der Waals surface area contributed by atoms with Crippen LogP contribution < -0.4 is 4.74 Å². The maximum atomic E-state index is 12.7. The predicted molar refractivity (Wildman–Crippen MR) is 121 cm³/mol. The summed E-state index contributed by atoms with van der Waals surface area (Å²) in [6.45, 7) is 2.71. The molecule has 0 spiro atoms. The van der Waals surface area contributed by atoms with E-state index < -0.39 is 19.0 Å². The number of rotatable bonds is 8. The zero-order valence-corrected chi connectivity index (χ0v) is 18.7. The van der Waals surface area contributed by atoms with Crippen molar-refractivity contribution in [2.24, 2.45) is 0 Å². The van der Waals surface area contributed by atoms with E-state index in [1.54, 1.807) is 31.4 Å². The fourth-order valence-corrected chi connectivity index (χ4v) is 4.71. The Bertz CT molecular complexity index is 1110. The number of fused-ring (bicyclic) bond motifs is 1. The summed E-state index contributed by atoms with van der Waals surface area (Å²) in [6, 6.07) is 10.7. The number of benzene rings is 2. The van der Waals surface area contributed by atoms with Crippen LogP contribution in [-0.4, -0.2) is 53.8 Å². The molecular formula is C25H28F2N2O4. The number of carbonyl (C=O) groups is 1. The summed E-state index contributed by atoms with van der Waals surface area (Å²) in [4.78, 5) is 16.9. The molecule has 1 aliphatic rings. The Morgan fingerprint density at radius 2 is 2.03 bits per heavy atom. The van der Waals surface area contributed by atoms with E-state index >= 15 is 0 Å². The van der Waals surface area contributed by atoms with Crippen molar-refractivity contribution in [2.75, 3.05) is 20.3 Å². The van der Waals surface area contributed by atoms with Crippen LogP contribution in [0.3, 0.4) is 0 Å². The molecule has 4 rings (SSSR count). The largest absolute Gasteiger partial charge is 0.496 e. The third-order valence-corrected chi connectivity index (χ3v) is 6.36. The summed E-state index contributed by atoms with van der Waals surface area (Å²) >= 11 is 0. The third kappa shape index (κ3) is 5.02. The van der Waals surface area contributed by atoms with Crippen LogP contribution in [0, 0.1) is 6.92 Å². The van der Waals surface area contributed by atoms with Gasteiger partial charge in [0.25, 0.3) is 6.43 Å². The molecular weight excluding hydrogens is 430 g/mol. The van der Waals surface area contributed by atoms with E-state index in [1.165, 1.54) is 0 Å². The second-order valence-electron chi connectivity index (χ2n) is 8.42. The highest BCUT2D eigenvalue weighted by Gasteiger charge is 2.32. The van der Waals surface area contributed by atoms with Crippen molar-refractivity contribution < 1.29 is 28.2 Å². The van der Waals surface area contributed by atoms with Crippen LogP contribution in [0.25, 0.3) is 10.9 Å². The van der Waals surface area contributed by atoms with Crippen molar-refractivity contribution >= 4 is 16.9 Å². The normalized spacial score (nSPS) is 19.3. The SMILES string of the molecule is COc1cc(C)c2[nH]ccc2c1CN1CC[C@@H](OCC(F)F)C[C@@H]1c1ccc(C(=O)O)cc1. The molecule has 0 radical (unpaired) electrons. The van der Waals surface area contributed by atoms with Crippen LogP contribution >= 0.6 is 0 Å². The number of alkyl halides is 2. The predicted octanol–water partition coefficient (Wildman–Crippen LogP) is 5.17. The summed E-state index contributed by atoms with van der Waals surface area (Å²) in [5.41, 5.74) is 4.35. The summed E-state index contributed by atoms with van der Waals surface area (Å²) in [5, 5.41) is 10.3. The Morgan fingerprint density at radius 1 is 1.27 bits per heavy atom. The van der Waals surface area contributed by atoms with E-state index in [0.717, 1.165) is 33.3 Å². The van der Waals surface area contributed by atoms with Gasteiger partial charge in [-0.25, -0.2) is 13.6 Å². The Labute approximate surface area is 191 Å². The van der Waals surface area contributed by atoms with Gasteiger partial charge in [-0.3, -0.25) is 4.90 Å². The number of aromatic nitrogens is 1. The van der Waals surface area contributed by atoms with Crippen LogP contribution in [0.1, 0.15) is 45.9 Å². The zero-order chi connectivity index (χ0) is 23.5. The number of methoxy groups -OCH3 is 1. The maximum absolute atomic E-state index is 12.7. The lowest BCUT2D eigenvalue weighted by molar-refractivity contribution is -0.0603. The minimum atomic E-state index is -2.50. The standard InChI is InChI=1S/C25H28F2N2O4/c1-15-11-22(32-2)20(19-7-9-28-24(15)19)13-29-10-8-18(33-14-23(26)27)12-21(29)16-3-5-17(6-4-16)25(30)31/h3-7,9,11,18,21,23,28H,8,10,12-14H2,1-2H3,(H,30,31)/t18-,21-/m1/s1. The molecule has 2 aromatic carbocycles.